The van der Waals surface area contributed by atoms with E-state index in [1.165, 1.54) is 43.1 Å². The van der Waals surface area contributed by atoms with Crippen molar-refractivity contribution in [2.45, 2.75) is 0 Å². The Morgan fingerprint density at radius 1 is 0.686 bits per heavy atom. The summed E-state index contributed by atoms with van der Waals surface area (Å²) in [6.07, 6.45) is 20.7. The molecular formula is C19H22N12O2S2. The summed E-state index contributed by atoms with van der Waals surface area (Å²) in [6, 6.07) is 5.46. The SMILES string of the molecule is c1cn[nH]c1.c1cn[nH]n1.c1cnoc1.c1cnsc1.c1cocn1.c1cscn1.c1nc[nH]n1. The molecule has 35 heavy (non-hydrogen) atoms. The number of nitrogens with one attached hydrogen (secondary N) is 3. The van der Waals surface area contributed by atoms with E-state index in [0.29, 0.717) is 0 Å². The van der Waals surface area contributed by atoms with E-state index in [1.54, 1.807) is 72.5 Å². The molecule has 0 bridgehead atoms. The lowest BCUT2D eigenvalue weighted by molar-refractivity contribution is 0.420. The quantitative estimate of drug-likeness (QED) is 0.268. The maximum absolute atomic E-state index is 4.47. The van der Waals surface area contributed by atoms with E-state index in [9.17, 15) is 0 Å². The topological polar surface area (TPSA) is 190 Å². The van der Waals surface area contributed by atoms with Crippen LogP contribution in [0.1, 0.15) is 0 Å². The van der Waals surface area contributed by atoms with Gasteiger partial charge in [-0.15, -0.1) is 11.3 Å². The lowest BCUT2D eigenvalue weighted by Gasteiger charge is -1.49. The van der Waals surface area contributed by atoms with Crippen LogP contribution in [0.2, 0.25) is 0 Å². The highest BCUT2D eigenvalue weighted by atomic mass is 32.1. The third kappa shape index (κ3) is 23.7. The molecule has 0 atom stereocenters. The number of hydrogen-bond acceptors (Lipinski definition) is 13. The summed E-state index contributed by atoms with van der Waals surface area (Å²) >= 11 is 3.06. The van der Waals surface area contributed by atoms with Crippen LogP contribution in [0.3, 0.4) is 0 Å². The van der Waals surface area contributed by atoms with Crippen LogP contribution in [0, 0.1) is 0 Å². The molecule has 0 fully saturated rings. The van der Waals surface area contributed by atoms with Gasteiger partial charge in [-0.05, 0) is 29.7 Å². The largest absolute Gasteiger partial charge is 0.452 e. The maximum Gasteiger partial charge on any atom is 0.180 e. The number of aromatic amines is 3. The van der Waals surface area contributed by atoms with E-state index >= 15 is 0 Å². The van der Waals surface area contributed by atoms with Crippen LogP contribution in [-0.4, -0.2) is 60.3 Å². The van der Waals surface area contributed by atoms with Crippen molar-refractivity contribution in [3.8, 4) is 0 Å². The van der Waals surface area contributed by atoms with Gasteiger partial charge in [0, 0.05) is 35.5 Å². The van der Waals surface area contributed by atoms with E-state index in [2.05, 4.69) is 69.2 Å². The summed E-state index contributed by atoms with van der Waals surface area (Å²) < 4.78 is 12.6. The van der Waals surface area contributed by atoms with Crippen LogP contribution in [-0.2, 0) is 0 Å². The van der Waals surface area contributed by atoms with Gasteiger partial charge in [0.15, 0.2) is 6.39 Å². The highest BCUT2D eigenvalue weighted by Gasteiger charge is 1.62. The van der Waals surface area contributed by atoms with Crippen molar-refractivity contribution in [1.82, 2.24) is 60.3 Å². The van der Waals surface area contributed by atoms with Gasteiger partial charge >= 0.3 is 0 Å². The number of rotatable bonds is 0. The Balaban J connectivity index is 0.000000204. The molecule has 182 valence electrons. The average Bonchev–Trinajstić information content (AvgIpc) is 3.81. The number of hydrogen-bond donors (Lipinski definition) is 3. The molecule has 0 saturated carbocycles. The summed E-state index contributed by atoms with van der Waals surface area (Å²) in [5.74, 6) is 0. The standard InChI is InChI=1S/C3H4N2.2C3H3NO.2C3H3NS.2C2H3N3/c1-2-4-5-3-1;1-2-5-3-4-1;1-2-4-5-3-1;1-2-5-3-4-1;1-2-4-5-3-1;1-3-2-5-4-1;1-2-4-5-3-1/h1-3H,(H,4,5);4*1-3H;2*1-2H,(H,3,4,5). The van der Waals surface area contributed by atoms with Crippen molar-refractivity contribution in [3.63, 3.8) is 0 Å². The van der Waals surface area contributed by atoms with E-state index in [-0.39, 0.29) is 0 Å². The van der Waals surface area contributed by atoms with Crippen molar-refractivity contribution in [2.24, 2.45) is 0 Å². The van der Waals surface area contributed by atoms with Crippen LogP contribution in [0.15, 0.2) is 125 Å². The average molecular weight is 515 g/mol. The maximum atomic E-state index is 4.47. The van der Waals surface area contributed by atoms with E-state index in [4.69, 9.17) is 0 Å². The Morgan fingerprint density at radius 2 is 1.63 bits per heavy atom. The highest BCUT2D eigenvalue weighted by molar-refractivity contribution is 7.07. The Labute approximate surface area is 207 Å². The Morgan fingerprint density at radius 3 is 1.83 bits per heavy atom. The first-order chi connectivity index (χ1) is 17.5. The molecule has 0 radical (unpaired) electrons. The zero-order valence-electron chi connectivity index (χ0n) is 18.1. The zero-order valence-corrected chi connectivity index (χ0v) is 19.8. The number of nitrogens with zero attached hydrogens (tertiary/aromatic N) is 9. The molecule has 7 aromatic heterocycles. The molecule has 0 aromatic carbocycles. The molecule has 0 aliphatic carbocycles. The fourth-order valence-corrected chi connectivity index (χ4v) is 1.95. The molecule has 0 aliphatic rings. The van der Waals surface area contributed by atoms with E-state index < -0.39 is 0 Å². The van der Waals surface area contributed by atoms with Crippen molar-refractivity contribution in [1.29, 1.82) is 0 Å². The summed E-state index contributed by atoms with van der Waals surface area (Å²) in [6.45, 7) is 0. The lowest BCUT2D eigenvalue weighted by Crippen LogP contribution is -1.61. The second-order valence-corrected chi connectivity index (χ2v) is 6.25. The Hall–Kier alpha value is -4.83. The fourth-order valence-electron chi connectivity index (χ4n) is 1.25. The van der Waals surface area contributed by atoms with Gasteiger partial charge in [0.1, 0.15) is 25.2 Å². The van der Waals surface area contributed by atoms with Gasteiger partial charge < -0.3 is 8.94 Å². The molecule has 7 rings (SSSR count). The highest BCUT2D eigenvalue weighted by Crippen LogP contribution is 1.86. The molecule has 7 heterocycles. The smallest absolute Gasteiger partial charge is 0.180 e. The lowest BCUT2D eigenvalue weighted by atomic mass is 10.8. The molecule has 0 unspecified atom stereocenters. The molecule has 0 amide bonds. The van der Waals surface area contributed by atoms with Crippen molar-refractivity contribution >= 4 is 22.9 Å². The molecular weight excluding hydrogens is 492 g/mol. The molecule has 0 spiro atoms. The number of oxazole rings is 1. The molecule has 16 heteroatoms. The second-order valence-electron chi connectivity index (χ2n) is 4.80. The van der Waals surface area contributed by atoms with Crippen molar-refractivity contribution in [2.75, 3.05) is 0 Å². The van der Waals surface area contributed by atoms with Crippen LogP contribution in [0.4, 0.5) is 0 Å². The Bertz CT molecular complexity index is 705. The third-order valence-corrected chi connectivity index (χ3v) is 3.50. The van der Waals surface area contributed by atoms with Crippen molar-refractivity contribution in [3.05, 3.63) is 116 Å². The van der Waals surface area contributed by atoms with Gasteiger partial charge in [-0.25, -0.2) is 14.3 Å². The van der Waals surface area contributed by atoms with Gasteiger partial charge in [-0.3, -0.25) is 15.2 Å². The molecule has 3 N–H and O–H groups in total. The minimum atomic E-state index is 1.38. The monoisotopic (exact) mass is 514 g/mol. The van der Waals surface area contributed by atoms with Gasteiger partial charge in [0.25, 0.3) is 0 Å². The molecule has 0 saturated heterocycles. The number of H-pyrrole nitrogens is 3. The van der Waals surface area contributed by atoms with Gasteiger partial charge in [0.05, 0.1) is 30.3 Å². The third-order valence-electron chi connectivity index (χ3n) is 2.46. The van der Waals surface area contributed by atoms with Crippen LogP contribution < -0.4 is 0 Å². The summed E-state index contributed by atoms with van der Waals surface area (Å²) in [5.41, 5.74) is 1.79. The first-order valence-electron chi connectivity index (χ1n) is 9.35. The second kappa shape index (κ2) is 25.4. The van der Waals surface area contributed by atoms with E-state index in [1.807, 2.05) is 22.9 Å². The van der Waals surface area contributed by atoms with Crippen LogP contribution in [0.25, 0.3) is 0 Å². The zero-order chi connectivity index (χ0) is 24.7. The Kier molecular flexibility index (Phi) is 20.5. The summed E-state index contributed by atoms with van der Waals surface area (Å²) in [5, 5.41) is 28.7. The summed E-state index contributed by atoms with van der Waals surface area (Å²) in [7, 11) is 0. The first kappa shape index (κ1) is 28.2. The van der Waals surface area contributed by atoms with Crippen molar-refractivity contribution < 1.29 is 8.94 Å². The molecule has 0 aliphatic heterocycles. The van der Waals surface area contributed by atoms with Gasteiger partial charge in [0.2, 0.25) is 0 Å². The minimum absolute atomic E-state index is 1.38. The fraction of sp³-hybridized carbons (Fsp3) is 0. The van der Waals surface area contributed by atoms with E-state index in [0.717, 1.165) is 0 Å². The predicted octanol–water partition coefficient (Wildman–Crippen LogP) is 3.65. The van der Waals surface area contributed by atoms with Gasteiger partial charge in [-0.2, -0.15) is 25.6 Å². The predicted molar refractivity (Wildman–Crippen MR) is 129 cm³/mol. The minimum Gasteiger partial charge on any atom is -0.452 e. The molecule has 7 aromatic rings. The van der Waals surface area contributed by atoms with Gasteiger partial charge in [-0.1, -0.05) is 5.16 Å². The normalized spacial score (nSPS) is 8.00. The number of thiazole rings is 1. The van der Waals surface area contributed by atoms with Crippen LogP contribution in [0.5, 0.6) is 0 Å². The number of aromatic nitrogens is 12. The van der Waals surface area contributed by atoms with Crippen LogP contribution >= 0.6 is 22.9 Å². The molecule has 14 nitrogen and oxygen atoms in total. The first-order valence-corrected chi connectivity index (χ1v) is 11.1. The summed E-state index contributed by atoms with van der Waals surface area (Å²) in [4.78, 5) is 10.9.